The molecule has 1 saturated heterocycles. The highest BCUT2D eigenvalue weighted by atomic mass is 79.9. The summed E-state index contributed by atoms with van der Waals surface area (Å²) in [7, 11) is 0. The Morgan fingerprint density at radius 2 is 2.25 bits per heavy atom. The summed E-state index contributed by atoms with van der Waals surface area (Å²) in [5.41, 5.74) is 2.95. The van der Waals surface area contributed by atoms with Gasteiger partial charge in [0.25, 0.3) is 0 Å². The summed E-state index contributed by atoms with van der Waals surface area (Å²) in [6, 6.07) is 6.50. The third-order valence-electron chi connectivity index (χ3n) is 5.34. The molecule has 1 N–H and O–H groups in total. The molecule has 2 fully saturated rings. The summed E-state index contributed by atoms with van der Waals surface area (Å²) in [6.45, 7) is 1.70. The van der Waals surface area contributed by atoms with Crippen molar-refractivity contribution in [1.82, 2.24) is 4.90 Å². The zero-order valence-electron chi connectivity index (χ0n) is 11.3. The standard InChI is InChI=1S/C16H18BrNO2/c17-12-1-2-13-11(5-12)3-4-16(13)6-14(16)15(20)18-7-10(8-18)9-19/h1-2,5,10,14,19H,3-4,6-9H2/t14-,16-/m0/s1. The van der Waals surface area contributed by atoms with Crippen LogP contribution >= 0.6 is 15.9 Å². The van der Waals surface area contributed by atoms with Gasteiger partial charge >= 0.3 is 0 Å². The maximum absolute atomic E-state index is 12.5. The van der Waals surface area contributed by atoms with Gasteiger partial charge in [0.2, 0.25) is 5.91 Å². The number of carbonyl (C=O) groups is 1. The fourth-order valence-electron chi connectivity index (χ4n) is 4.04. The van der Waals surface area contributed by atoms with E-state index in [0.717, 1.165) is 36.8 Å². The Kier molecular flexibility index (Phi) is 2.77. The summed E-state index contributed by atoms with van der Waals surface area (Å²) in [4.78, 5) is 14.4. The highest BCUT2D eigenvalue weighted by Gasteiger charge is 2.62. The molecule has 1 amide bonds. The zero-order valence-corrected chi connectivity index (χ0v) is 12.9. The monoisotopic (exact) mass is 335 g/mol. The molecule has 0 radical (unpaired) electrons. The van der Waals surface area contributed by atoms with Crippen LogP contribution in [0, 0.1) is 11.8 Å². The van der Waals surface area contributed by atoms with Crippen molar-refractivity contribution in [2.24, 2.45) is 11.8 Å². The second-order valence-corrected chi connectivity index (χ2v) is 7.42. The fourth-order valence-corrected chi connectivity index (χ4v) is 4.44. The van der Waals surface area contributed by atoms with Gasteiger partial charge in [-0.15, -0.1) is 0 Å². The van der Waals surface area contributed by atoms with Gasteiger partial charge in [-0.1, -0.05) is 22.0 Å². The van der Waals surface area contributed by atoms with Crippen molar-refractivity contribution in [2.45, 2.75) is 24.7 Å². The second kappa shape index (κ2) is 4.31. The Balaban J connectivity index is 1.52. The number of fused-ring (bicyclic) bond motifs is 2. The van der Waals surface area contributed by atoms with Gasteiger partial charge in [-0.05, 0) is 42.5 Å². The normalized spacial score (nSPS) is 31.3. The number of hydrogen-bond acceptors (Lipinski definition) is 2. The highest BCUT2D eigenvalue weighted by molar-refractivity contribution is 9.10. The topological polar surface area (TPSA) is 40.5 Å². The number of rotatable bonds is 2. The van der Waals surface area contributed by atoms with Crippen LogP contribution in [-0.2, 0) is 16.6 Å². The Bertz CT molecular complexity index is 582. The number of amides is 1. The number of halogens is 1. The van der Waals surface area contributed by atoms with E-state index in [9.17, 15) is 4.79 Å². The number of carbonyl (C=O) groups excluding carboxylic acids is 1. The summed E-state index contributed by atoms with van der Waals surface area (Å²) in [6.07, 6.45) is 3.23. The van der Waals surface area contributed by atoms with Gasteiger partial charge in [-0.2, -0.15) is 0 Å². The van der Waals surface area contributed by atoms with Crippen molar-refractivity contribution < 1.29 is 9.90 Å². The Labute approximate surface area is 127 Å². The molecule has 2 aliphatic carbocycles. The van der Waals surface area contributed by atoms with Crippen LogP contribution in [0.3, 0.4) is 0 Å². The maximum atomic E-state index is 12.5. The molecular formula is C16H18BrNO2. The molecule has 4 rings (SSSR count). The fraction of sp³-hybridized carbons (Fsp3) is 0.562. The van der Waals surface area contributed by atoms with E-state index in [1.54, 1.807) is 0 Å². The summed E-state index contributed by atoms with van der Waals surface area (Å²) >= 11 is 3.53. The molecule has 1 aliphatic heterocycles. The van der Waals surface area contributed by atoms with Gasteiger partial charge in [0.1, 0.15) is 0 Å². The van der Waals surface area contributed by atoms with E-state index in [0.29, 0.717) is 11.8 Å². The predicted octanol–water partition coefficient (Wildman–Crippen LogP) is 2.10. The Hall–Kier alpha value is -0.870. The first-order valence-electron chi connectivity index (χ1n) is 7.32. The van der Waals surface area contributed by atoms with E-state index in [4.69, 9.17) is 5.11 Å². The van der Waals surface area contributed by atoms with E-state index < -0.39 is 0 Å². The molecule has 3 nitrogen and oxygen atoms in total. The molecular weight excluding hydrogens is 318 g/mol. The summed E-state index contributed by atoms with van der Waals surface area (Å²) in [5.74, 6) is 0.801. The van der Waals surface area contributed by atoms with E-state index in [-0.39, 0.29) is 17.9 Å². The minimum Gasteiger partial charge on any atom is -0.396 e. The maximum Gasteiger partial charge on any atom is 0.226 e. The number of aliphatic hydroxyl groups excluding tert-OH is 1. The van der Waals surface area contributed by atoms with Crippen LogP contribution in [0.5, 0.6) is 0 Å². The Morgan fingerprint density at radius 3 is 3.00 bits per heavy atom. The average Bonchev–Trinajstić information content (AvgIpc) is 3.00. The van der Waals surface area contributed by atoms with Crippen molar-refractivity contribution >= 4 is 21.8 Å². The summed E-state index contributed by atoms with van der Waals surface area (Å²) < 4.78 is 1.13. The van der Waals surface area contributed by atoms with Crippen LogP contribution in [0.15, 0.2) is 22.7 Å². The van der Waals surface area contributed by atoms with Crippen LogP contribution in [0.4, 0.5) is 0 Å². The van der Waals surface area contributed by atoms with Crippen LogP contribution in [0.25, 0.3) is 0 Å². The molecule has 106 valence electrons. The molecule has 2 atom stereocenters. The van der Waals surface area contributed by atoms with Crippen molar-refractivity contribution in [3.05, 3.63) is 33.8 Å². The molecule has 0 bridgehead atoms. The SMILES string of the molecule is O=C([C@@H]1C[C@]12CCc1cc(Br)ccc12)N1CC(CO)C1. The molecule has 1 heterocycles. The molecule has 1 aromatic rings. The molecule has 20 heavy (non-hydrogen) atoms. The molecule has 1 saturated carbocycles. The van der Waals surface area contributed by atoms with Gasteiger partial charge in [0.05, 0.1) is 0 Å². The molecule has 4 heteroatoms. The zero-order chi connectivity index (χ0) is 13.9. The first kappa shape index (κ1) is 12.8. The van der Waals surface area contributed by atoms with E-state index in [1.807, 2.05) is 4.90 Å². The predicted molar refractivity (Wildman–Crippen MR) is 79.4 cm³/mol. The molecule has 1 spiro atoms. The summed E-state index contributed by atoms with van der Waals surface area (Å²) in [5, 5.41) is 9.06. The van der Waals surface area contributed by atoms with E-state index >= 15 is 0 Å². The van der Waals surface area contributed by atoms with Crippen LogP contribution in [0.2, 0.25) is 0 Å². The van der Waals surface area contributed by atoms with Gasteiger partial charge in [-0.25, -0.2) is 0 Å². The van der Waals surface area contributed by atoms with E-state index in [1.165, 1.54) is 11.1 Å². The van der Waals surface area contributed by atoms with Gasteiger partial charge in [0, 0.05) is 41.4 Å². The van der Waals surface area contributed by atoms with Crippen molar-refractivity contribution in [1.29, 1.82) is 0 Å². The quantitative estimate of drug-likeness (QED) is 0.899. The molecule has 3 aliphatic rings. The third-order valence-corrected chi connectivity index (χ3v) is 5.84. The lowest BCUT2D eigenvalue weighted by Gasteiger charge is -2.38. The lowest BCUT2D eigenvalue weighted by atomic mass is 9.93. The smallest absolute Gasteiger partial charge is 0.226 e. The van der Waals surface area contributed by atoms with Gasteiger partial charge in [0.15, 0.2) is 0 Å². The second-order valence-electron chi connectivity index (χ2n) is 6.51. The lowest BCUT2D eigenvalue weighted by molar-refractivity contribution is -0.140. The number of benzene rings is 1. The number of hydrogen-bond donors (Lipinski definition) is 1. The first-order valence-corrected chi connectivity index (χ1v) is 8.12. The van der Waals surface area contributed by atoms with Gasteiger partial charge in [-0.3, -0.25) is 4.79 Å². The van der Waals surface area contributed by atoms with Crippen LogP contribution in [-0.4, -0.2) is 35.6 Å². The highest BCUT2D eigenvalue weighted by Crippen LogP contribution is 2.62. The first-order chi connectivity index (χ1) is 9.64. The molecule has 0 unspecified atom stereocenters. The minimum atomic E-state index is 0.136. The number of likely N-dealkylation sites (tertiary alicyclic amines) is 1. The van der Waals surface area contributed by atoms with Crippen LogP contribution in [0.1, 0.15) is 24.0 Å². The lowest BCUT2D eigenvalue weighted by Crippen LogP contribution is -2.52. The molecule has 1 aromatic carbocycles. The molecule has 0 aromatic heterocycles. The van der Waals surface area contributed by atoms with Crippen molar-refractivity contribution in [3.8, 4) is 0 Å². The van der Waals surface area contributed by atoms with Crippen molar-refractivity contribution in [2.75, 3.05) is 19.7 Å². The van der Waals surface area contributed by atoms with E-state index in [2.05, 4.69) is 34.1 Å². The average molecular weight is 336 g/mol. The largest absolute Gasteiger partial charge is 0.396 e. The van der Waals surface area contributed by atoms with Crippen molar-refractivity contribution in [3.63, 3.8) is 0 Å². The van der Waals surface area contributed by atoms with Gasteiger partial charge < -0.3 is 10.0 Å². The minimum absolute atomic E-state index is 0.136. The Morgan fingerprint density at radius 1 is 1.45 bits per heavy atom. The number of aryl methyl sites for hydroxylation is 1. The number of nitrogens with zero attached hydrogens (tertiary/aromatic N) is 1. The third kappa shape index (κ3) is 1.70. The number of aliphatic hydroxyl groups is 1. The van der Waals surface area contributed by atoms with Crippen LogP contribution < -0.4 is 0 Å².